The Morgan fingerprint density at radius 3 is 2.06 bits per heavy atom. The monoisotopic (exact) mass is 599 g/mol. The highest BCUT2D eigenvalue weighted by Gasteiger charge is 2.19. The van der Waals surface area contributed by atoms with Gasteiger partial charge in [0.1, 0.15) is 11.2 Å². The zero-order chi connectivity index (χ0) is 30.9. The van der Waals surface area contributed by atoms with Crippen molar-refractivity contribution in [3.05, 3.63) is 174 Å². The highest BCUT2D eigenvalue weighted by molar-refractivity contribution is 6.11. The summed E-state index contributed by atoms with van der Waals surface area (Å²) in [6.07, 6.45) is 3.23. The molecule has 220 valence electrons. The average molecular weight is 600 g/mol. The molecule has 0 N–H and O–H groups in total. The predicted octanol–water partition coefficient (Wildman–Crippen LogP) is 12.1. The quantitative estimate of drug-likeness (QED) is 0.198. The maximum absolute atomic E-state index is 6.14. The molecule has 0 saturated carbocycles. The third-order valence-corrected chi connectivity index (χ3v) is 9.84. The summed E-state index contributed by atoms with van der Waals surface area (Å²) in [4.78, 5) is 0. The van der Waals surface area contributed by atoms with E-state index in [1.54, 1.807) is 0 Å². The Balaban J connectivity index is 1.10. The van der Waals surface area contributed by atoms with Gasteiger partial charge in [-0.15, -0.1) is 0 Å². The summed E-state index contributed by atoms with van der Waals surface area (Å²) in [5.41, 5.74) is 15.6. The number of hydrogen-bond acceptors (Lipinski definition) is 1. The van der Waals surface area contributed by atoms with Crippen molar-refractivity contribution in [2.45, 2.75) is 6.42 Å². The minimum atomic E-state index is 0.856. The standard InChI is InChI=1S/C45H29NO/c1-2-11-35(12-3-1)46-42-16-8-6-14-37(42)40-27-30(20-22-43(40)46)29-18-19-33-25-34(24-32-10-4-5-13-36(32)39(33)26-29)31-21-23-45-41(28-31)38-15-7-9-17-44(38)47-45/h1-24,26-28H,25H2. The minimum Gasteiger partial charge on any atom is -0.456 e. The fraction of sp³-hybridized carbons (Fsp3) is 0.0222. The van der Waals surface area contributed by atoms with E-state index >= 15 is 0 Å². The lowest BCUT2D eigenvalue weighted by Crippen LogP contribution is -1.94. The molecule has 0 amide bonds. The van der Waals surface area contributed by atoms with E-state index in [1.165, 1.54) is 72.0 Å². The van der Waals surface area contributed by atoms with Crippen LogP contribution in [0.5, 0.6) is 0 Å². The molecule has 0 radical (unpaired) electrons. The van der Waals surface area contributed by atoms with Crippen molar-refractivity contribution in [1.29, 1.82) is 0 Å². The first-order chi connectivity index (χ1) is 23.3. The molecular formula is C45H29NO. The summed E-state index contributed by atoms with van der Waals surface area (Å²) in [5.74, 6) is 0. The zero-order valence-corrected chi connectivity index (χ0v) is 25.7. The second-order valence-electron chi connectivity index (χ2n) is 12.5. The third kappa shape index (κ3) is 4.12. The molecule has 0 saturated heterocycles. The molecule has 0 aliphatic heterocycles. The van der Waals surface area contributed by atoms with E-state index in [9.17, 15) is 0 Å². The highest BCUT2D eigenvalue weighted by atomic mass is 16.3. The van der Waals surface area contributed by atoms with Crippen LogP contribution < -0.4 is 0 Å². The molecule has 9 aromatic rings. The van der Waals surface area contributed by atoms with Crippen LogP contribution >= 0.6 is 0 Å². The first kappa shape index (κ1) is 26.1. The molecule has 47 heavy (non-hydrogen) atoms. The van der Waals surface area contributed by atoms with E-state index in [4.69, 9.17) is 4.42 Å². The van der Waals surface area contributed by atoms with Gasteiger partial charge in [-0.3, -0.25) is 0 Å². The summed E-state index contributed by atoms with van der Waals surface area (Å²) < 4.78 is 8.51. The number of rotatable bonds is 3. The van der Waals surface area contributed by atoms with Gasteiger partial charge in [-0.05, 0) is 106 Å². The molecule has 0 spiro atoms. The fourth-order valence-corrected chi connectivity index (χ4v) is 7.59. The number of fused-ring (bicyclic) bond motifs is 9. The predicted molar refractivity (Wildman–Crippen MR) is 197 cm³/mol. The summed E-state index contributed by atoms with van der Waals surface area (Å²) in [7, 11) is 0. The Kier molecular flexibility index (Phi) is 5.67. The van der Waals surface area contributed by atoms with Gasteiger partial charge < -0.3 is 8.98 Å². The Morgan fingerprint density at radius 1 is 0.447 bits per heavy atom. The van der Waals surface area contributed by atoms with Crippen LogP contribution in [-0.4, -0.2) is 4.57 Å². The van der Waals surface area contributed by atoms with Crippen LogP contribution in [-0.2, 0) is 6.42 Å². The first-order valence-corrected chi connectivity index (χ1v) is 16.2. The molecule has 0 atom stereocenters. The molecule has 1 aliphatic rings. The first-order valence-electron chi connectivity index (χ1n) is 16.2. The normalized spacial score (nSPS) is 12.7. The van der Waals surface area contributed by atoms with E-state index in [2.05, 4.69) is 156 Å². The topological polar surface area (TPSA) is 18.1 Å². The van der Waals surface area contributed by atoms with Gasteiger partial charge in [0, 0.05) is 27.2 Å². The number of furan rings is 1. The summed E-state index contributed by atoms with van der Waals surface area (Å²) >= 11 is 0. The number of allylic oxidation sites excluding steroid dienone is 1. The van der Waals surface area contributed by atoms with E-state index in [-0.39, 0.29) is 0 Å². The van der Waals surface area contributed by atoms with Gasteiger partial charge >= 0.3 is 0 Å². The smallest absolute Gasteiger partial charge is 0.135 e. The molecule has 10 rings (SSSR count). The Bertz CT molecular complexity index is 2700. The third-order valence-electron chi connectivity index (χ3n) is 9.84. The number of benzene rings is 7. The Hall–Kier alpha value is -6.12. The van der Waals surface area contributed by atoms with Gasteiger partial charge in [-0.1, -0.05) is 109 Å². The lowest BCUT2D eigenvalue weighted by atomic mass is 9.91. The van der Waals surface area contributed by atoms with E-state index in [0.717, 1.165) is 28.4 Å². The SMILES string of the molecule is C1=C(c2ccc3oc4ccccc4c3c2)Cc2ccc(-c3ccc4c(c3)c3ccccc3n4-c3ccccc3)cc2-c2ccccc21. The molecule has 2 heterocycles. The molecule has 0 bridgehead atoms. The summed E-state index contributed by atoms with van der Waals surface area (Å²) in [5, 5.41) is 4.86. The number of nitrogens with zero attached hydrogens (tertiary/aromatic N) is 1. The van der Waals surface area contributed by atoms with Crippen molar-refractivity contribution in [2.75, 3.05) is 0 Å². The minimum absolute atomic E-state index is 0.856. The summed E-state index contributed by atoms with van der Waals surface area (Å²) in [6, 6.07) is 57.1. The molecule has 0 unspecified atom stereocenters. The van der Waals surface area contributed by atoms with Gasteiger partial charge in [-0.25, -0.2) is 0 Å². The largest absolute Gasteiger partial charge is 0.456 e. The maximum atomic E-state index is 6.14. The van der Waals surface area contributed by atoms with Crippen molar-refractivity contribution in [2.24, 2.45) is 0 Å². The second-order valence-corrected chi connectivity index (χ2v) is 12.5. The molecule has 1 aliphatic carbocycles. The van der Waals surface area contributed by atoms with Crippen molar-refractivity contribution >= 4 is 55.4 Å². The van der Waals surface area contributed by atoms with Crippen molar-refractivity contribution in [3.8, 4) is 27.9 Å². The molecule has 0 fully saturated rings. The van der Waals surface area contributed by atoms with Crippen LogP contribution in [0.1, 0.15) is 16.7 Å². The Labute approximate surface area is 272 Å². The zero-order valence-electron chi connectivity index (χ0n) is 25.7. The lowest BCUT2D eigenvalue weighted by molar-refractivity contribution is 0.669. The van der Waals surface area contributed by atoms with Crippen LogP contribution in [0.3, 0.4) is 0 Å². The van der Waals surface area contributed by atoms with Gasteiger partial charge in [-0.2, -0.15) is 0 Å². The van der Waals surface area contributed by atoms with Crippen LogP contribution in [0.15, 0.2) is 162 Å². The van der Waals surface area contributed by atoms with Crippen molar-refractivity contribution < 1.29 is 4.42 Å². The molecule has 2 heteroatoms. The van der Waals surface area contributed by atoms with Crippen molar-refractivity contribution in [3.63, 3.8) is 0 Å². The molecule has 2 aromatic heterocycles. The van der Waals surface area contributed by atoms with Crippen LogP contribution in [0.4, 0.5) is 0 Å². The van der Waals surface area contributed by atoms with Gasteiger partial charge in [0.05, 0.1) is 11.0 Å². The van der Waals surface area contributed by atoms with Gasteiger partial charge in [0.25, 0.3) is 0 Å². The highest BCUT2D eigenvalue weighted by Crippen LogP contribution is 2.41. The average Bonchev–Trinajstić information content (AvgIpc) is 3.61. The van der Waals surface area contributed by atoms with Crippen LogP contribution in [0.2, 0.25) is 0 Å². The number of para-hydroxylation sites is 3. The fourth-order valence-electron chi connectivity index (χ4n) is 7.59. The van der Waals surface area contributed by atoms with E-state index < -0.39 is 0 Å². The molecule has 2 nitrogen and oxygen atoms in total. The van der Waals surface area contributed by atoms with Gasteiger partial charge in [0.15, 0.2) is 0 Å². The molecule has 7 aromatic carbocycles. The number of hydrogen-bond donors (Lipinski definition) is 0. The molecular weight excluding hydrogens is 571 g/mol. The Morgan fingerprint density at radius 2 is 1.13 bits per heavy atom. The van der Waals surface area contributed by atoms with E-state index in [1.807, 2.05) is 12.1 Å². The van der Waals surface area contributed by atoms with Crippen LogP contribution in [0.25, 0.3) is 83.3 Å². The number of aromatic nitrogens is 1. The second kappa shape index (κ2) is 10.2. The van der Waals surface area contributed by atoms with E-state index in [0.29, 0.717) is 0 Å². The lowest BCUT2D eigenvalue weighted by Gasteiger charge is -2.13. The van der Waals surface area contributed by atoms with Gasteiger partial charge in [0.2, 0.25) is 0 Å². The van der Waals surface area contributed by atoms with Crippen LogP contribution in [0, 0.1) is 0 Å². The van der Waals surface area contributed by atoms with Crippen molar-refractivity contribution in [1.82, 2.24) is 4.57 Å². The summed E-state index contributed by atoms with van der Waals surface area (Å²) in [6.45, 7) is 0. The maximum Gasteiger partial charge on any atom is 0.135 e.